The lowest BCUT2D eigenvalue weighted by Gasteiger charge is -2.04. The largest absolute Gasteiger partial charge is 0.271 e. The highest BCUT2D eigenvalue weighted by atomic mass is 79.9. The number of hydrogen-bond acceptors (Lipinski definition) is 3. The minimum atomic E-state index is -1.32. The topological polar surface area (TPSA) is 48.2 Å². The van der Waals surface area contributed by atoms with E-state index in [4.69, 9.17) is 5.26 Å². The van der Waals surface area contributed by atoms with Gasteiger partial charge in [0.1, 0.15) is 5.69 Å². The Balaban J connectivity index is 3.29. The first kappa shape index (κ1) is 13.9. The molecule has 0 unspecified atom stereocenters. The molecule has 90 valence electrons. The van der Waals surface area contributed by atoms with Gasteiger partial charge < -0.3 is 0 Å². The lowest BCUT2D eigenvalue weighted by molar-refractivity contribution is 0.489. The normalized spacial score (nSPS) is 11.2. The number of nitrogens with one attached hydrogen (secondary N) is 1. The highest BCUT2D eigenvalue weighted by Crippen LogP contribution is 2.30. The van der Waals surface area contributed by atoms with Crippen LogP contribution < -0.4 is 5.32 Å². The lowest BCUT2D eigenvalue weighted by atomic mass is 10.3. The van der Waals surface area contributed by atoms with E-state index in [2.05, 4.69) is 26.2 Å². The molecular formula is C9H5BrF3N3S. The zero-order valence-corrected chi connectivity index (χ0v) is 10.8. The Hall–Kier alpha value is -1.20. The molecule has 0 aliphatic rings. The van der Waals surface area contributed by atoms with Crippen LogP contribution in [0.4, 0.5) is 18.9 Å². The van der Waals surface area contributed by atoms with E-state index in [9.17, 15) is 13.2 Å². The quantitative estimate of drug-likeness (QED) is 0.215. The molecule has 1 aromatic rings. The van der Waals surface area contributed by atoms with Crippen molar-refractivity contribution in [1.29, 1.82) is 5.26 Å². The van der Waals surface area contributed by atoms with E-state index < -0.39 is 27.6 Å². The smallest absolute Gasteiger partial charge is 0.183 e. The maximum absolute atomic E-state index is 13.5. The molecule has 1 aromatic carbocycles. The Morgan fingerprint density at radius 3 is 2.65 bits per heavy atom. The van der Waals surface area contributed by atoms with Gasteiger partial charge in [0.2, 0.25) is 0 Å². The van der Waals surface area contributed by atoms with Crippen LogP contribution in [0.15, 0.2) is 15.5 Å². The van der Waals surface area contributed by atoms with Crippen LogP contribution in [-0.4, -0.2) is 11.4 Å². The fourth-order valence-corrected chi connectivity index (χ4v) is 1.65. The lowest BCUT2D eigenvalue weighted by Crippen LogP contribution is -2.12. The maximum Gasteiger partial charge on any atom is 0.183 e. The average Bonchev–Trinajstić information content (AvgIpc) is 2.32. The summed E-state index contributed by atoms with van der Waals surface area (Å²) >= 11 is 3.61. The molecule has 0 aliphatic carbocycles. The Morgan fingerprint density at radius 1 is 1.47 bits per heavy atom. The van der Waals surface area contributed by atoms with Gasteiger partial charge in [-0.2, -0.15) is 5.26 Å². The van der Waals surface area contributed by atoms with E-state index >= 15 is 0 Å². The molecule has 0 aliphatic heterocycles. The molecule has 0 spiro atoms. The third-order valence-electron chi connectivity index (χ3n) is 1.66. The van der Waals surface area contributed by atoms with Gasteiger partial charge in [-0.25, -0.2) is 18.2 Å². The molecule has 0 fully saturated rings. The predicted octanol–water partition coefficient (Wildman–Crippen LogP) is 3.29. The van der Waals surface area contributed by atoms with Crippen LogP contribution in [0, 0.1) is 28.9 Å². The number of benzene rings is 1. The van der Waals surface area contributed by atoms with Gasteiger partial charge in [-0.1, -0.05) is 11.8 Å². The number of rotatable bonds is 1. The van der Waals surface area contributed by atoms with Crippen molar-refractivity contribution in [1.82, 2.24) is 5.32 Å². The Kier molecular flexibility index (Phi) is 4.84. The molecule has 0 amide bonds. The van der Waals surface area contributed by atoms with Crippen LogP contribution in [-0.2, 0) is 0 Å². The minimum absolute atomic E-state index is 0.0734. The number of aliphatic imine (C=N–C) groups is 1. The highest BCUT2D eigenvalue weighted by molar-refractivity contribution is 9.10. The van der Waals surface area contributed by atoms with Crippen LogP contribution >= 0.6 is 27.7 Å². The zero-order valence-electron chi connectivity index (χ0n) is 8.39. The summed E-state index contributed by atoms with van der Waals surface area (Å²) in [5.74, 6) is -3.58. The van der Waals surface area contributed by atoms with E-state index in [-0.39, 0.29) is 5.17 Å². The fraction of sp³-hybridized carbons (Fsp3) is 0.111. The van der Waals surface area contributed by atoms with Gasteiger partial charge in [-0.05, 0) is 22.2 Å². The summed E-state index contributed by atoms with van der Waals surface area (Å²) in [4.78, 5) is 3.66. The number of thioether (sulfide) groups is 1. The van der Waals surface area contributed by atoms with E-state index in [1.165, 1.54) is 0 Å². The van der Waals surface area contributed by atoms with E-state index in [0.29, 0.717) is 6.07 Å². The number of amidine groups is 1. The Bertz CT molecular complexity index is 513. The average molecular weight is 324 g/mol. The van der Waals surface area contributed by atoms with Crippen molar-refractivity contribution >= 4 is 38.5 Å². The van der Waals surface area contributed by atoms with Gasteiger partial charge >= 0.3 is 0 Å². The molecule has 0 radical (unpaired) electrons. The number of hydrogen-bond donors (Lipinski definition) is 1. The maximum atomic E-state index is 13.5. The van der Waals surface area contributed by atoms with E-state index in [1.807, 2.05) is 0 Å². The van der Waals surface area contributed by atoms with Gasteiger partial charge in [-0.3, -0.25) is 5.32 Å². The van der Waals surface area contributed by atoms with Gasteiger partial charge in [0.05, 0.1) is 4.47 Å². The summed E-state index contributed by atoms with van der Waals surface area (Å²) in [6.07, 6.45) is 3.19. The van der Waals surface area contributed by atoms with Gasteiger partial charge in [0, 0.05) is 6.07 Å². The fourth-order valence-electron chi connectivity index (χ4n) is 0.924. The molecule has 0 bridgehead atoms. The first-order valence-electron chi connectivity index (χ1n) is 4.12. The van der Waals surface area contributed by atoms with Gasteiger partial charge in [0.15, 0.2) is 28.8 Å². The molecule has 0 atom stereocenters. The molecule has 0 saturated heterocycles. The van der Waals surface area contributed by atoms with Crippen molar-refractivity contribution in [3.8, 4) is 6.19 Å². The highest BCUT2D eigenvalue weighted by Gasteiger charge is 2.16. The molecular weight excluding hydrogens is 319 g/mol. The van der Waals surface area contributed by atoms with Crippen molar-refractivity contribution in [3.63, 3.8) is 0 Å². The molecule has 0 heterocycles. The molecule has 17 heavy (non-hydrogen) atoms. The molecule has 0 saturated carbocycles. The van der Waals surface area contributed by atoms with Crippen LogP contribution in [0.3, 0.4) is 0 Å². The Morgan fingerprint density at radius 2 is 2.12 bits per heavy atom. The van der Waals surface area contributed by atoms with Crippen LogP contribution in [0.2, 0.25) is 0 Å². The van der Waals surface area contributed by atoms with Crippen molar-refractivity contribution in [2.75, 3.05) is 6.26 Å². The molecule has 3 nitrogen and oxygen atoms in total. The van der Waals surface area contributed by atoms with Gasteiger partial charge in [0.25, 0.3) is 0 Å². The summed E-state index contributed by atoms with van der Waals surface area (Å²) in [7, 11) is 0. The molecule has 1 N–H and O–H groups in total. The third kappa shape index (κ3) is 3.14. The van der Waals surface area contributed by atoms with Crippen molar-refractivity contribution in [2.24, 2.45) is 4.99 Å². The zero-order chi connectivity index (χ0) is 13.0. The van der Waals surface area contributed by atoms with Gasteiger partial charge in [-0.15, -0.1) is 0 Å². The second kappa shape index (κ2) is 5.93. The monoisotopic (exact) mass is 323 g/mol. The van der Waals surface area contributed by atoms with E-state index in [0.717, 1.165) is 11.8 Å². The number of nitrogens with zero attached hydrogens (tertiary/aromatic N) is 2. The molecule has 8 heteroatoms. The predicted molar refractivity (Wildman–Crippen MR) is 63.4 cm³/mol. The summed E-state index contributed by atoms with van der Waals surface area (Å²) in [6, 6.07) is 0.616. The van der Waals surface area contributed by atoms with Crippen LogP contribution in [0.1, 0.15) is 0 Å². The van der Waals surface area contributed by atoms with Crippen LogP contribution in [0.5, 0.6) is 0 Å². The summed E-state index contributed by atoms with van der Waals surface area (Å²) in [5, 5.41) is 10.6. The van der Waals surface area contributed by atoms with E-state index in [1.54, 1.807) is 12.4 Å². The number of halogens is 4. The van der Waals surface area contributed by atoms with Crippen LogP contribution in [0.25, 0.3) is 0 Å². The minimum Gasteiger partial charge on any atom is -0.271 e. The second-order valence-electron chi connectivity index (χ2n) is 2.68. The Labute approximate surface area is 108 Å². The van der Waals surface area contributed by atoms with Crippen molar-refractivity contribution < 1.29 is 13.2 Å². The third-order valence-corrected chi connectivity index (χ3v) is 2.94. The second-order valence-corrected chi connectivity index (χ2v) is 4.27. The standard InChI is InChI=1S/C9H5BrF3N3S/c1-17-9(15-3-14)16-5-2-4(11)7(12)6(10)8(5)13/h2H,1H3,(H,15,16). The van der Waals surface area contributed by atoms with Crippen molar-refractivity contribution in [3.05, 3.63) is 28.0 Å². The SMILES string of the molecule is CSC(=Nc1cc(F)c(F)c(Br)c1F)NC#N. The first-order valence-corrected chi connectivity index (χ1v) is 6.13. The first-order chi connectivity index (χ1) is 8.01. The molecule has 1 rings (SSSR count). The number of nitriles is 1. The summed E-state index contributed by atoms with van der Waals surface area (Å²) in [5.41, 5.74) is -0.400. The summed E-state index contributed by atoms with van der Waals surface area (Å²) < 4.78 is 38.9. The van der Waals surface area contributed by atoms with Crippen molar-refractivity contribution in [2.45, 2.75) is 0 Å². The molecule has 0 aromatic heterocycles. The summed E-state index contributed by atoms with van der Waals surface area (Å²) in [6.45, 7) is 0.